The van der Waals surface area contributed by atoms with Gasteiger partial charge in [-0.1, -0.05) is 26.0 Å². The Morgan fingerprint density at radius 2 is 2.12 bits per heavy atom. The molecule has 0 aliphatic heterocycles. The maximum absolute atomic E-state index is 5.46. The molecule has 1 rings (SSSR count). The molecule has 1 aromatic carbocycles. The van der Waals surface area contributed by atoms with Crippen LogP contribution in [0.15, 0.2) is 22.7 Å². The molecular weight excluding hydrogens is 266 g/mol. The molecule has 0 radical (unpaired) electrons. The molecule has 0 saturated heterocycles. The van der Waals surface area contributed by atoms with Crippen LogP contribution in [0.5, 0.6) is 5.75 Å². The number of methoxy groups -OCH3 is 1. The van der Waals surface area contributed by atoms with Gasteiger partial charge in [-0.05, 0) is 39.5 Å². The van der Waals surface area contributed by atoms with Crippen LogP contribution in [0.4, 0.5) is 0 Å². The molecule has 0 unspecified atom stereocenters. The van der Waals surface area contributed by atoms with Crippen molar-refractivity contribution in [1.29, 1.82) is 0 Å². The van der Waals surface area contributed by atoms with Crippen LogP contribution in [0, 0.1) is 0 Å². The van der Waals surface area contributed by atoms with Crippen LogP contribution in [-0.2, 0) is 0 Å². The molecule has 1 aromatic rings. The van der Waals surface area contributed by atoms with E-state index in [-0.39, 0.29) is 0 Å². The summed E-state index contributed by atoms with van der Waals surface area (Å²) in [5.41, 5.74) is 7.81. The zero-order valence-corrected chi connectivity index (χ0v) is 11.5. The molecule has 0 spiro atoms. The minimum atomic E-state index is 0.493. The van der Waals surface area contributed by atoms with Crippen LogP contribution in [-0.4, -0.2) is 13.7 Å². The van der Waals surface area contributed by atoms with Gasteiger partial charge in [0.2, 0.25) is 0 Å². The molecule has 0 heterocycles. The summed E-state index contributed by atoms with van der Waals surface area (Å²) >= 11 is 3.53. The van der Waals surface area contributed by atoms with E-state index in [0.29, 0.717) is 12.5 Å². The number of benzene rings is 1. The van der Waals surface area contributed by atoms with Crippen LogP contribution in [0.1, 0.15) is 30.9 Å². The summed E-state index contributed by atoms with van der Waals surface area (Å²) in [6.07, 6.45) is 3.92. The van der Waals surface area contributed by atoms with Crippen molar-refractivity contribution in [2.45, 2.75) is 19.8 Å². The highest BCUT2D eigenvalue weighted by atomic mass is 79.9. The predicted molar refractivity (Wildman–Crippen MR) is 72.9 cm³/mol. The highest BCUT2D eigenvalue weighted by Crippen LogP contribution is 2.33. The van der Waals surface area contributed by atoms with E-state index in [1.807, 2.05) is 12.2 Å². The Morgan fingerprint density at radius 3 is 2.62 bits per heavy atom. The lowest BCUT2D eigenvalue weighted by Gasteiger charge is -2.12. The lowest BCUT2D eigenvalue weighted by Crippen LogP contribution is -1.96. The van der Waals surface area contributed by atoms with Gasteiger partial charge in [0, 0.05) is 12.1 Å². The first-order valence-electron chi connectivity index (χ1n) is 5.34. The third-order valence-corrected chi connectivity index (χ3v) is 2.99. The number of nitrogens with two attached hydrogens (primary N) is 1. The Morgan fingerprint density at radius 1 is 1.44 bits per heavy atom. The second-order valence-corrected chi connectivity index (χ2v) is 4.77. The fourth-order valence-electron chi connectivity index (χ4n) is 1.50. The first-order valence-corrected chi connectivity index (χ1v) is 6.13. The summed E-state index contributed by atoms with van der Waals surface area (Å²) in [5, 5.41) is 0. The molecule has 0 fully saturated rings. The van der Waals surface area contributed by atoms with Gasteiger partial charge in [0.25, 0.3) is 0 Å². The number of ether oxygens (including phenoxy) is 1. The van der Waals surface area contributed by atoms with Gasteiger partial charge in [0.05, 0.1) is 11.6 Å². The van der Waals surface area contributed by atoms with E-state index in [0.717, 1.165) is 15.8 Å². The third-order valence-electron chi connectivity index (χ3n) is 2.40. The minimum absolute atomic E-state index is 0.493. The van der Waals surface area contributed by atoms with Crippen LogP contribution >= 0.6 is 15.9 Å². The number of halogens is 1. The standard InChI is InChI=1S/C13H18BrNO/c1-9(2)11-7-10(5-4-6-15)13(16-3)12(14)8-11/h4-5,7-9H,6,15H2,1-3H3/b5-4+. The van der Waals surface area contributed by atoms with E-state index in [4.69, 9.17) is 10.5 Å². The second kappa shape index (κ2) is 6.06. The molecule has 2 N–H and O–H groups in total. The predicted octanol–water partition coefficient (Wildman–Crippen LogP) is 3.55. The summed E-state index contributed by atoms with van der Waals surface area (Å²) in [6, 6.07) is 4.24. The highest BCUT2D eigenvalue weighted by molar-refractivity contribution is 9.10. The van der Waals surface area contributed by atoms with Crippen molar-refractivity contribution in [1.82, 2.24) is 0 Å². The molecule has 3 heteroatoms. The zero-order valence-electron chi connectivity index (χ0n) is 9.96. The molecule has 0 bridgehead atoms. The first kappa shape index (κ1) is 13.3. The minimum Gasteiger partial charge on any atom is -0.495 e. The van der Waals surface area contributed by atoms with Crippen LogP contribution < -0.4 is 10.5 Å². The average Bonchev–Trinajstić information content (AvgIpc) is 2.25. The quantitative estimate of drug-likeness (QED) is 0.917. The monoisotopic (exact) mass is 283 g/mol. The van der Waals surface area contributed by atoms with Gasteiger partial charge in [-0.25, -0.2) is 0 Å². The Hall–Kier alpha value is -0.800. The molecule has 2 nitrogen and oxygen atoms in total. The van der Waals surface area contributed by atoms with Crippen LogP contribution in [0.2, 0.25) is 0 Å². The van der Waals surface area contributed by atoms with E-state index in [9.17, 15) is 0 Å². The molecule has 0 atom stereocenters. The number of hydrogen-bond acceptors (Lipinski definition) is 2. The number of hydrogen-bond donors (Lipinski definition) is 1. The molecule has 0 aliphatic rings. The van der Waals surface area contributed by atoms with E-state index in [1.165, 1.54) is 5.56 Å². The van der Waals surface area contributed by atoms with Gasteiger partial charge in [0.15, 0.2) is 0 Å². The van der Waals surface area contributed by atoms with E-state index in [2.05, 4.69) is 41.9 Å². The van der Waals surface area contributed by atoms with Crippen molar-refractivity contribution >= 4 is 22.0 Å². The van der Waals surface area contributed by atoms with Gasteiger partial charge in [-0.15, -0.1) is 0 Å². The maximum Gasteiger partial charge on any atom is 0.140 e. The molecule has 0 amide bonds. The largest absolute Gasteiger partial charge is 0.495 e. The molecule has 0 aliphatic carbocycles. The van der Waals surface area contributed by atoms with Gasteiger partial charge in [-0.3, -0.25) is 0 Å². The highest BCUT2D eigenvalue weighted by Gasteiger charge is 2.09. The van der Waals surface area contributed by atoms with Crippen LogP contribution in [0.3, 0.4) is 0 Å². The normalized spacial score (nSPS) is 11.4. The maximum atomic E-state index is 5.46. The number of rotatable bonds is 4. The van der Waals surface area contributed by atoms with Gasteiger partial charge < -0.3 is 10.5 Å². The molecule has 0 saturated carbocycles. The van der Waals surface area contributed by atoms with Crippen molar-refractivity contribution in [3.05, 3.63) is 33.8 Å². The summed E-state index contributed by atoms with van der Waals surface area (Å²) in [5.74, 6) is 1.35. The summed E-state index contributed by atoms with van der Waals surface area (Å²) < 4.78 is 6.35. The molecule has 0 aromatic heterocycles. The lowest BCUT2D eigenvalue weighted by atomic mass is 10.00. The molecule has 88 valence electrons. The Balaban J connectivity index is 3.25. The summed E-state index contributed by atoms with van der Waals surface area (Å²) in [6.45, 7) is 4.88. The molecular formula is C13H18BrNO. The fourth-order valence-corrected chi connectivity index (χ4v) is 2.16. The zero-order chi connectivity index (χ0) is 12.1. The smallest absolute Gasteiger partial charge is 0.140 e. The van der Waals surface area contributed by atoms with Crippen molar-refractivity contribution in [3.63, 3.8) is 0 Å². The van der Waals surface area contributed by atoms with Crippen molar-refractivity contribution < 1.29 is 4.74 Å². The van der Waals surface area contributed by atoms with Gasteiger partial charge in [-0.2, -0.15) is 0 Å². The third kappa shape index (κ3) is 3.09. The van der Waals surface area contributed by atoms with E-state index >= 15 is 0 Å². The van der Waals surface area contributed by atoms with Gasteiger partial charge in [0.1, 0.15) is 5.75 Å². The average molecular weight is 284 g/mol. The van der Waals surface area contributed by atoms with Crippen LogP contribution in [0.25, 0.3) is 6.08 Å². The topological polar surface area (TPSA) is 35.2 Å². The Bertz CT molecular complexity index is 386. The fraction of sp³-hybridized carbons (Fsp3) is 0.385. The molecule has 16 heavy (non-hydrogen) atoms. The second-order valence-electron chi connectivity index (χ2n) is 3.92. The van der Waals surface area contributed by atoms with Gasteiger partial charge >= 0.3 is 0 Å². The SMILES string of the molecule is COc1c(Br)cc(C(C)C)cc1/C=C/CN. The lowest BCUT2D eigenvalue weighted by molar-refractivity contribution is 0.411. The summed E-state index contributed by atoms with van der Waals surface area (Å²) in [7, 11) is 1.68. The van der Waals surface area contributed by atoms with E-state index in [1.54, 1.807) is 7.11 Å². The van der Waals surface area contributed by atoms with Crippen molar-refractivity contribution in [2.75, 3.05) is 13.7 Å². The summed E-state index contributed by atoms with van der Waals surface area (Å²) in [4.78, 5) is 0. The van der Waals surface area contributed by atoms with E-state index < -0.39 is 0 Å². The Kier molecular flexibility index (Phi) is 5.03. The van der Waals surface area contributed by atoms with Crippen molar-refractivity contribution in [3.8, 4) is 5.75 Å². The van der Waals surface area contributed by atoms with Crippen molar-refractivity contribution in [2.24, 2.45) is 5.73 Å². The first-order chi connectivity index (χ1) is 7.60. The Labute approximate surface area is 106 Å².